The van der Waals surface area contributed by atoms with E-state index in [9.17, 15) is 0 Å². The van der Waals surface area contributed by atoms with Gasteiger partial charge in [-0.15, -0.1) is 0 Å². The van der Waals surface area contributed by atoms with E-state index in [-0.39, 0.29) is 11.2 Å². The molecular formula is C6H12O2S. The minimum absolute atomic E-state index is 0.0621. The molecule has 0 heterocycles. The van der Waals surface area contributed by atoms with Crippen molar-refractivity contribution in [3.8, 4) is 0 Å². The minimum atomic E-state index is -0.637. The lowest BCUT2D eigenvalue weighted by molar-refractivity contribution is 0.173. The van der Waals surface area contributed by atoms with Crippen molar-refractivity contribution >= 4 is 17.3 Å². The molecule has 0 saturated carbocycles. The molecule has 0 aliphatic heterocycles. The van der Waals surface area contributed by atoms with Crippen LogP contribution in [0.4, 0.5) is 0 Å². The maximum Gasteiger partial charge on any atom is 0.188 e. The number of rotatable bonds is 2. The molecule has 0 aromatic carbocycles. The Balaban J connectivity index is 3.51. The average Bonchev–Trinajstić information content (AvgIpc) is 1.63. The largest absolute Gasteiger partial charge is 0.482 e. The van der Waals surface area contributed by atoms with Gasteiger partial charge in [0.25, 0.3) is 0 Å². The summed E-state index contributed by atoms with van der Waals surface area (Å²) in [7, 11) is 0. The van der Waals surface area contributed by atoms with Gasteiger partial charge in [-0.3, -0.25) is 0 Å². The third kappa shape index (κ3) is 4.36. The van der Waals surface area contributed by atoms with Crippen LogP contribution < -0.4 is 0 Å². The normalized spacial score (nSPS) is 13.4. The number of aliphatic hydroxyl groups is 1. The van der Waals surface area contributed by atoms with E-state index in [1.807, 2.05) is 13.8 Å². The van der Waals surface area contributed by atoms with Crippen LogP contribution in [-0.4, -0.2) is 22.4 Å². The average molecular weight is 148 g/mol. The summed E-state index contributed by atoms with van der Waals surface area (Å²) in [5.74, 6) is 0. The predicted molar refractivity (Wildman–Crippen MR) is 40.5 cm³/mol. The zero-order valence-corrected chi connectivity index (χ0v) is 6.73. The molecule has 0 aliphatic carbocycles. The van der Waals surface area contributed by atoms with Crippen LogP contribution in [0.15, 0.2) is 0 Å². The van der Waals surface area contributed by atoms with Gasteiger partial charge in [0, 0.05) is 0 Å². The molecule has 0 radical (unpaired) electrons. The molecule has 0 aromatic rings. The van der Waals surface area contributed by atoms with Crippen LogP contribution in [-0.2, 0) is 4.74 Å². The van der Waals surface area contributed by atoms with Crippen LogP contribution >= 0.6 is 12.2 Å². The second-order valence-electron chi connectivity index (χ2n) is 2.16. The Hall–Kier alpha value is -0.150. The number of ether oxygens (including phenoxy) is 1. The van der Waals surface area contributed by atoms with Gasteiger partial charge in [-0.25, -0.2) is 0 Å². The molecule has 1 atom stereocenters. The third-order valence-corrected chi connectivity index (χ3v) is 1.13. The molecule has 54 valence electrons. The lowest BCUT2D eigenvalue weighted by atomic mass is 10.4. The first-order chi connectivity index (χ1) is 4.04. The van der Waals surface area contributed by atoms with Gasteiger partial charge in [0.2, 0.25) is 0 Å². The van der Waals surface area contributed by atoms with E-state index in [1.54, 1.807) is 6.92 Å². The van der Waals surface area contributed by atoms with E-state index >= 15 is 0 Å². The van der Waals surface area contributed by atoms with E-state index in [0.29, 0.717) is 0 Å². The molecule has 0 saturated heterocycles. The molecule has 0 bridgehead atoms. The van der Waals surface area contributed by atoms with Crippen molar-refractivity contribution in [2.75, 3.05) is 0 Å². The van der Waals surface area contributed by atoms with Crippen LogP contribution in [0.1, 0.15) is 20.8 Å². The first-order valence-corrected chi connectivity index (χ1v) is 3.33. The van der Waals surface area contributed by atoms with Crippen LogP contribution in [0.25, 0.3) is 0 Å². The van der Waals surface area contributed by atoms with E-state index in [4.69, 9.17) is 9.84 Å². The van der Waals surface area contributed by atoms with Gasteiger partial charge in [0.05, 0.1) is 6.10 Å². The summed E-state index contributed by atoms with van der Waals surface area (Å²) in [5.41, 5.74) is 0. The smallest absolute Gasteiger partial charge is 0.188 e. The van der Waals surface area contributed by atoms with Crippen molar-refractivity contribution in [3.05, 3.63) is 0 Å². The van der Waals surface area contributed by atoms with Gasteiger partial charge in [-0.2, -0.15) is 0 Å². The Morgan fingerprint density at radius 1 is 1.44 bits per heavy atom. The van der Waals surface area contributed by atoms with Crippen molar-refractivity contribution < 1.29 is 9.84 Å². The van der Waals surface area contributed by atoms with Crippen LogP contribution in [0, 0.1) is 0 Å². The van der Waals surface area contributed by atoms with Gasteiger partial charge in [-0.1, -0.05) is 0 Å². The Morgan fingerprint density at radius 2 is 1.89 bits per heavy atom. The molecule has 3 heteroatoms. The maximum atomic E-state index is 8.80. The number of aliphatic hydroxyl groups excluding tert-OH is 1. The molecule has 0 amide bonds. The lowest BCUT2D eigenvalue weighted by Crippen LogP contribution is -2.20. The Kier molecular flexibility index (Phi) is 3.73. The fourth-order valence-electron chi connectivity index (χ4n) is 0.331. The molecule has 1 N–H and O–H groups in total. The Labute approximate surface area is 60.8 Å². The van der Waals surface area contributed by atoms with Gasteiger partial charge in [0.15, 0.2) is 5.05 Å². The molecule has 2 nitrogen and oxygen atoms in total. The monoisotopic (exact) mass is 148 g/mol. The quantitative estimate of drug-likeness (QED) is 0.595. The standard InChI is InChI=1S/C6H12O2S/c1-4(2)8-6(9)5(3)7/h4-5,7H,1-3H3. The van der Waals surface area contributed by atoms with Crippen LogP contribution in [0.2, 0.25) is 0 Å². The third-order valence-electron chi connectivity index (χ3n) is 0.693. The summed E-state index contributed by atoms with van der Waals surface area (Å²) in [6, 6.07) is 0. The van der Waals surface area contributed by atoms with Crippen molar-refractivity contribution in [1.29, 1.82) is 0 Å². The molecular weight excluding hydrogens is 136 g/mol. The summed E-state index contributed by atoms with van der Waals surface area (Å²) in [6.07, 6.45) is -0.575. The van der Waals surface area contributed by atoms with Crippen molar-refractivity contribution in [2.45, 2.75) is 33.0 Å². The van der Waals surface area contributed by atoms with E-state index in [0.717, 1.165) is 0 Å². The van der Waals surface area contributed by atoms with E-state index in [1.165, 1.54) is 0 Å². The fourth-order valence-corrected chi connectivity index (χ4v) is 0.523. The van der Waals surface area contributed by atoms with Crippen LogP contribution in [0.5, 0.6) is 0 Å². The Bertz CT molecular complexity index is 99.2. The summed E-state index contributed by atoms with van der Waals surface area (Å²) in [4.78, 5) is 0. The second-order valence-corrected chi connectivity index (χ2v) is 2.56. The molecule has 0 aliphatic rings. The fraction of sp³-hybridized carbons (Fsp3) is 0.833. The molecule has 0 spiro atoms. The predicted octanol–water partition coefficient (Wildman–Crippen LogP) is 1.12. The van der Waals surface area contributed by atoms with Gasteiger partial charge in [0.1, 0.15) is 6.10 Å². The summed E-state index contributed by atoms with van der Waals surface area (Å²) in [6.45, 7) is 5.33. The van der Waals surface area contributed by atoms with Crippen LogP contribution in [0.3, 0.4) is 0 Å². The highest BCUT2D eigenvalue weighted by Crippen LogP contribution is 1.95. The summed E-state index contributed by atoms with van der Waals surface area (Å²) in [5, 5.41) is 9.07. The molecule has 0 fully saturated rings. The molecule has 1 unspecified atom stereocenters. The van der Waals surface area contributed by atoms with Crippen molar-refractivity contribution in [2.24, 2.45) is 0 Å². The Morgan fingerprint density at radius 3 is 2.00 bits per heavy atom. The first-order valence-electron chi connectivity index (χ1n) is 2.92. The number of hydrogen-bond donors (Lipinski definition) is 1. The topological polar surface area (TPSA) is 29.5 Å². The molecule has 9 heavy (non-hydrogen) atoms. The first kappa shape index (κ1) is 8.85. The second kappa shape index (κ2) is 3.80. The van der Waals surface area contributed by atoms with Crippen molar-refractivity contribution in [1.82, 2.24) is 0 Å². The van der Waals surface area contributed by atoms with Crippen molar-refractivity contribution in [3.63, 3.8) is 0 Å². The highest BCUT2D eigenvalue weighted by molar-refractivity contribution is 7.80. The minimum Gasteiger partial charge on any atom is -0.482 e. The summed E-state index contributed by atoms with van der Waals surface area (Å²) < 4.78 is 4.99. The summed E-state index contributed by atoms with van der Waals surface area (Å²) >= 11 is 4.68. The highest BCUT2D eigenvalue weighted by Gasteiger charge is 2.05. The highest BCUT2D eigenvalue weighted by atomic mass is 32.1. The zero-order chi connectivity index (χ0) is 7.44. The SMILES string of the molecule is CC(C)OC(=S)C(C)O. The lowest BCUT2D eigenvalue weighted by Gasteiger charge is -2.11. The zero-order valence-electron chi connectivity index (χ0n) is 5.92. The van der Waals surface area contributed by atoms with Gasteiger partial charge >= 0.3 is 0 Å². The van der Waals surface area contributed by atoms with Gasteiger partial charge < -0.3 is 9.84 Å². The van der Waals surface area contributed by atoms with E-state index < -0.39 is 6.10 Å². The molecule has 0 rings (SSSR count). The number of hydrogen-bond acceptors (Lipinski definition) is 3. The molecule has 0 aromatic heterocycles. The van der Waals surface area contributed by atoms with E-state index in [2.05, 4.69) is 12.2 Å². The van der Waals surface area contributed by atoms with Gasteiger partial charge in [-0.05, 0) is 33.0 Å². The maximum absolute atomic E-state index is 8.80. The number of thiocarbonyl (C=S) groups is 1.